The second-order valence-corrected chi connectivity index (χ2v) is 5.39. The van der Waals surface area contributed by atoms with E-state index in [-0.39, 0.29) is 6.10 Å². The van der Waals surface area contributed by atoms with Crippen LogP contribution < -0.4 is 16.2 Å². The highest BCUT2D eigenvalue weighted by atomic mass is 32.2. The van der Waals surface area contributed by atoms with Gasteiger partial charge in [-0.15, -0.1) is 0 Å². The van der Waals surface area contributed by atoms with Crippen molar-refractivity contribution in [1.82, 2.24) is 9.97 Å². The summed E-state index contributed by atoms with van der Waals surface area (Å²) < 4.78 is 0. The van der Waals surface area contributed by atoms with Gasteiger partial charge in [0.15, 0.2) is 5.16 Å². The van der Waals surface area contributed by atoms with Crippen LogP contribution in [0, 0.1) is 5.92 Å². The Balaban J connectivity index is 2.06. The predicted octanol–water partition coefficient (Wildman–Crippen LogP) is 0.691. The normalized spacial score (nSPS) is 22.4. The summed E-state index contributed by atoms with van der Waals surface area (Å²) in [6.07, 6.45) is 3.58. The van der Waals surface area contributed by atoms with Gasteiger partial charge in [0.2, 0.25) is 0 Å². The first kappa shape index (κ1) is 13.4. The van der Waals surface area contributed by atoms with E-state index in [4.69, 9.17) is 5.84 Å². The minimum Gasteiger partial charge on any atom is -0.393 e. The van der Waals surface area contributed by atoms with Gasteiger partial charge >= 0.3 is 0 Å². The lowest BCUT2D eigenvalue weighted by Crippen LogP contribution is -2.37. The molecule has 0 saturated heterocycles. The van der Waals surface area contributed by atoms with Gasteiger partial charge in [0.25, 0.3) is 0 Å². The van der Waals surface area contributed by atoms with Crippen LogP contribution in [0.3, 0.4) is 0 Å². The molecule has 1 aliphatic rings. The van der Waals surface area contributed by atoms with Crippen molar-refractivity contribution in [3.05, 3.63) is 6.07 Å². The van der Waals surface area contributed by atoms with Crippen LogP contribution in [0.15, 0.2) is 11.2 Å². The van der Waals surface area contributed by atoms with Crippen LogP contribution >= 0.6 is 11.8 Å². The molecule has 1 aromatic heterocycles. The molecule has 1 heterocycles. The number of aromatic nitrogens is 2. The fourth-order valence-electron chi connectivity index (χ4n) is 2.10. The van der Waals surface area contributed by atoms with Crippen LogP contribution in [0.5, 0.6) is 0 Å². The molecule has 0 atom stereocenters. The van der Waals surface area contributed by atoms with E-state index >= 15 is 0 Å². The van der Waals surface area contributed by atoms with Gasteiger partial charge in [-0.1, -0.05) is 11.8 Å². The number of aliphatic hydroxyl groups is 1. The van der Waals surface area contributed by atoms with E-state index in [0.717, 1.165) is 25.2 Å². The molecule has 0 unspecified atom stereocenters. The molecule has 0 bridgehead atoms. The molecular weight excluding hydrogens is 250 g/mol. The molecule has 18 heavy (non-hydrogen) atoms. The number of nitrogen functional groups attached to an aromatic ring is 1. The molecule has 6 nitrogen and oxygen atoms in total. The van der Waals surface area contributed by atoms with Crippen molar-refractivity contribution in [2.75, 3.05) is 30.2 Å². The maximum atomic E-state index is 9.29. The molecule has 1 saturated carbocycles. The average molecular weight is 269 g/mol. The molecule has 7 heteroatoms. The number of nitrogens with one attached hydrogen (secondary N) is 1. The smallest absolute Gasteiger partial charge is 0.191 e. The lowest BCUT2D eigenvalue weighted by atomic mass is 9.82. The Kier molecular flexibility index (Phi) is 4.26. The van der Waals surface area contributed by atoms with E-state index in [9.17, 15) is 5.11 Å². The summed E-state index contributed by atoms with van der Waals surface area (Å²) in [6, 6.07) is 1.83. The second-order valence-electron chi connectivity index (χ2n) is 4.61. The minimum absolute atomic E-state index is 0.114. The summed E-state index contributed by atoms with van der Waals surface area (Å²) in [4.78, 5) is 10.8. The van der Waals surface area contributed by atoms with E-state index in [1.807, 2.05) is 19.4 Å². The molecule has 0 spiro atoms. The molecule has 0 amide bonds. The van der Waals surface area contributed by atoms with Crippen molar-refractivity contribution < 1.29 is 5.11 Å². The maximum Gasteiger partial charge on any atom is 0.191 e. The van der Waals surface area contributed by atoms with Gasteiger partial charge in [0.1, 0.15) is 11.6 Å². The van der Waals surface area contributed by atoms with E-state index in [1.54, 1.807) is 0 Å². The number of hydrogen-bond donors (Lipinski definition) is 3. The number of thioether (sulfide) groups is 1. The number of hydrogen-bond acceptors (Lipinski definition) is 7. The van der Waals surface area contributed by atoms with Gasteiger partial charge in [0.05, 0.1) is 6.10 Å². The minimum atomic E-state index is -0.114. The third-order valence-corrected chi connectivity index (χ3v) is 3.70. The zero-order chi connectivity index (χ0) is 13.1. The third-order valence-electron chi connectivity index (χ3n) is 3.16. The zero-order valence-corrected chi connectivity index (χ0v) is 11.4. The molecule has 0 aromatic carbocycles. The summed E-state index contributed by atoms with van der Waals surface area (Å²) in [6.45, 7) is 0.895. The maximum absolute atomic E-state index is 9.29. The first-order valence-electron chi connectivity index (χ1n) is 5.91. The van der Waals surface area contributed by atoms with Crippen LogP contribution in [0.2, 0.25) is 0 Å². The molecule has 2 rings (SSSR count). The largest absolute Gasteiger partial charge is 0.393 e. The summed E-state index contributed by atoms with van der Waals surface area (Å²) in [5.41, 5.74) is 2.55. The van der Waals surface area contributed by atoms with Crippen LogP contribution in [0.4, 0.5) is 11.6 Å². The quantitative estimate of drug-likeness (QED) is 0.314. The van der Waals surface area contributed by atoms with Gasteiger partial charge in [-0.05, 0) is 25.0 Å². The van der Waals surface area contributed by atoms with E-state index in [0.29, 0.717) is 16.9 Å². The molecule has 1 aliphatic carbocycles. The highest BCUT2D eigenvalue weighted by Crippen LogP contribution is 2.29. The molecule has 0 radical (unpaired) electrons. The molecule has 1 fully saturated rings. The van der Waals surface area contributed by atoms with E-state index in [2.05, 4.69) is 20.3 Å². The summed E-state index contributed by atoms with van der Waals surface area (Å²) in [7, 11) is 2.00. The van der Waals surface area contributed by atoms with E-state index < -0.39 is 0 Å². The van der Waals surface area contributed by atoms with Crippen molar-refractivity contribution >= 4 is 23.4 Å². The van der Waals surface area contributed by atoms with Crippen LogP contribution in [0.25, 0.3) is 0 Å². The second kappa shape index (κ2) is 5.73. The number of rotatable bonds is 5. The first-order chi connectivity index (χ1) is 8.62. The monoisotopic (exact) mass is 269 g/mol. The number of nitrogens with zero attached hydrogens (tertiary/aromatic N) is 3. The van der Waals surface area contributed by atoms with Crippen molar-refractivity contribution in [2.45, 2.75) is 24.1 Å². The van der Waals surface area contributed by atoms with Gasteiger partial charge in [-0.2, -0.15) is 0 Å². The Labute approximate surface area is 111 Å². The Morgan fingerprint density at radius 1 is 1.56 bits per heavy atom. The standard InChI is InChI=1S/C11H19N5OS/c1-16(6-7-3-8(17)4-7)10-5-9(15-12)13-11(14-10)18-2/h5,7-8,17H,3-4,6,12H2,1-2H3,(H,13,14,15). The Hall–Kier alpha value is -1.05. The van der Waals surface area contributed by atoms with Crippen LogP contribution in [0.1, 0.15) is 12.8 Å². The van der Waals surface area contributed by atoms with E-state index in [1.165, 1.54) is 11.8 Å². The third kappa shape index (κ3) is 3.04. The fourth-order valence-corrected chi connectivity index (χ4v) is 2.48. The lowest BCUT2D eigenvalue weighted by molar-refractivity contribution is 0.0464. The molecule has 1 aromatic rings. The average Bonchev–Trinajstić information content (AvgIpc) is 2.36. The Morgan fingerprint density at radius 3 is 2.83 bits per heavy atom. The molecular formula is C11H19N5OS. The Morgan fingerprint density at radius 2 is 2.28 bits per heavy atom. The summed E-state index contributed by atoms with van der Waals surface area (Å²) >= 11 is 1.48. The number of nitrogens with two attached hydrogens (primary N) is 1. The zero-order valence-electron chi connectivity index (χ0n) is 10.6. The summed E-state index contributed by atoms with van der Waals surface area (Å²) in [5, 5.41) is 9.99. The Bertz CT molecular complexity index is 388. The van der Waals surface area contributed by atoms with Crippen LogP contribution in [-0.4, -0.2) is 41.0 Å². The van der Waals surface area contributed by atoms with Gasteiger partial charge in [-0.3, -0.25) is 0 Å². The van der Waals surface area contributed by atoms with Crippen molar-refractivity contribution in [1.29, 1.82) is 0 Å². The number of hydrazine groups is 1. The SMILES string of the molecule is CSc1nc(NN)cc(N(C)CC2CC(O)C2)n1. The van der Waals surface area contributed by atoms with Gasteiger partial charge in [0, 0.05) is 19.7 Å². The van der Waals surface area contributed by atoms with Crippen molar-refractivity contribution in [2.24, 2.45) is 11.8 Å². The summed E-state index contributed by atoms with van der Waals surface area (Å²) in [5.74, 6) is 7.41. The molecule has 0 aliphatic heterocycles. The van der Waals surface area contributed by atoms with Gasteiger partial charge in [-0.25, -0.2) is 15.8 Å². The van der Waals surface area contributed by atoms with Crippen LogP contribution in [-0.2, 0) is 0 Å². The molecule has 100 valence electrons. The predicted molar refractivity (Wildman–Crippen MR) is 73.6 cm³/mol. The fraction of sp³-hybridized carbons (Fsp3) is 0.636. The highest BCUT2D eigenvalue weighted by molar-refractivity contribution is 7.98. The van der Waals surface area contributed by atoms with Crippen molar-refractivity contribution in [3.63, 3.8) is 0 Å². The van der Waals surface area contributed by atoms with Gasteiger partial charge < -0.3 is 15.4 Å². The topological polar surface area (TPSA) is 87.3 Å². The molecule has 4 N–H and O–H groups in total. The number of anilines is 2. The lowest BCUT2D eigenvalue weighted by Gasteiger charge is -2.34. The van der Waals surface area contributed by atoms with Crippen molar-refractivity contribution in [3.8, 4) is 0 Å². The highest BCUT2D eigenvalue weighted by Gasteiger charge is 2.28. The number of aliphatic hydroxyl groups excluding tert-OH is 1. The first-order valence-corrected chi connectivity index (χ1v) is 7.13.